The lowest BCUT2D eigenvalue weighted by Gasteiger charge is -2.08. The highest BCUT2D eigenvalue weighted by Gasteiger charge is 2.16. The van der Waals surface area contributed by atoms with Gasteiger partial charge < -0.3 is 9.84 Å². The second-order valence-electron chi connectivity index (χ2n) is 5.87. The van der Waals surface area contributed by atoms with Crippen molar-refractivity contribution in [2.75, 3.05) is 10.0 Å². The summed E-state index contributed by atoms with van der Waals surface area (Å²) in [6.07, 6.45) is 0. The second-order valence-corrected chi connectivity index (χ2v) is 8.41. The fourth-order valence-corrected chi connectivity index (χ4v) is 3.63. The number of anilines is 2. The van der Waals surface area contributed by atoms with Crippen molar-refractivity contribution in [3.05, 3.63) is 69.9 Å². The maximum atomic E-state index is 12.3. The molecule has 27 heavy (non-hydrogen) atoms. The first-order chi connectivity index (χ1) is 12.7. The molecule has 0 saturated carbocycles. The van der Waals surface area contributed by atoms with Gasteiger partial charge in [-0.3, -0.25) is 9.52 Å². The molecule has 0 bridgehead atoms. The monoisotopic (exact) mass is 449 g/mol. The Labute approximate surface area is 164 Å². The van der Waals surface area contributed by atoms with Crippen molar-refractivity contribution in [3.63, 3.8) is 0 Å². The van der Waals surface area contributed by atoms with E-state index in [0.29, 0.717) is 17.0 Å². The molecule has 2 N–H and O–H groups in total. The fraction of sp³-hybridized carbons (Fsp3) is 0.111. The molecule has 0 aliphatic rings. The summed E-state index contributed by atoms with van der Waals surface area (Å²) < 4.78 is 32.7. The molecule has 0 unspecified atom stereocenters. The number of sulfonamides is 1. The van der Waals surface area contributed by atoms with Gasteiger partial charge in [0.05, 0.1) is 4.90 Å². The second kappa shape index (κ2) is 7.53. The number of aromatic nitrogens is 1. The minimum Gasteiger partial charge on any atom is -0.360 e. The molecule has 0 aliphatic carbocycles. The lowest BCUT2D eigenvalue weighted by Crippen LogP contribution is -2.14. The minimum atomic E-state index is -3.80. The molecule has 7 nitrogen and oxygen atoms in total. The lowest BCUT2D eigenvalue weighted by molar-refractivity contribution is 0.102. The average molecular weight is 450 g/mol. The van der Waals surface area contributed by atoms with Crippen molar-refractivity contribution >= 4 is 43.4 Å². The van der Waals surface area contributed by atoms with Gasteiger partial charge in [-0.2, -0.15) is 0 Å². The summed E-state index contributed by atoms with van der Waals surface area (Å²) in [5, 5.41) is 6.34. The molecule has 0 atom stereocenters. The van der Waals surface area contributed by atoms with Gasteiger partial charge in [-0.25, -0.2) is 8.42 Å². The molecule has 3 rings (SSSR count). The molecule has 0 aliphatic heterocycles. The normalized spacial score (nSPS) is 11.2. The number of aryl methyl sites for hydroxylation is 2. The molecule has 9 heteroatoms. The number of hydrogen-bond acceptors (Lipinski definition) is 5. The Hall–Kier alpha value is -2.65. The molecular weight excluding hydrogens is 434 g/mol. The van der Waals surface area contributed by atoms with Crippen LogP contribution < -0.4 is 10.0 Å². The highest BCUT2D eigenvalue weighted by molar-refractivity contribution is 9.10. The number of nitrogens with zero attached hydrogens (tertiary/aromatic N) is 1. The van der Waals surface area contributed by atoms with Crippen molar-refractivity contribution in [3.8, 4) is 0 Å². The van der Waals surface area contributed by atoms with Gasteiger partial charge in [0.25, 0.3) is 15.9 Å². The van der Waals surface area contributed by atoms with Crippen LogP contribution in [0, 0.1) is 13.8 Å². The summed E-state index contributed by atoms with van der Waals surface area (Å²) in [4.78, 5) is 12.4. The summed E-state index contributed by atoms with van der Waals surface area (Å²) in [6, 6.07) is 12.6. The van der Waals surface area contributed by atoms with Gasteiger partial charge in [-0.15, -0.1) is 0 Å². The van der Waals surface area contributed by atoms with Crippen LogP contribution in [0.25, 0.3) is 0 Å². The van der Waals surface area contributed by atoms with Gasteiger partial charge in [-0.05, 0) is 55.8 Å². The first kappa shape index (κ1) is 19.1. The summed E-state index contributed by atoms with van der Waals surface area (Å²) in [7, 11) is -3.80. The van der Waals surface area contributed by atoms with E-state index in [-0.39, 0.29) is 16.6 Å². The maximum Gasteiger partial charge on any atom is 0.263 e. The van der Waals surface area contributed by atoms with Crippen LogP contribution in [0.3, 0.4) is 0 Å². The molecule has 1 aromatic heterocycles. The smallest absolute Gasteiger partial charge is 0.263 e. The Morgan fingerprint density at radius 2 is 1.78 bits per heavy atom. The average Bonchev–Trinajstić information content (AvgIpc) is 3.02. The Kier molecular flexibility index (Phi) is 5.33. The van der Waals surface area contributed by atoms with Crippen LogP contribution >= 0.6 is 15.9 Å². The number of nitrogens with one attached hydrogen (secondary N) is 2. The van der Waals surface area contributed by atoms with Crippen molar-refractivity contribution < 1.29 is 17.7 Å². The Balaban J connectivity index is 1.72. The molecule has 1 heterocycles. The Morgan fingerprint density at radius 1 is 1.07 bits per heavy atom. The van der Waals surface area contributed by atoms with Crippen LogP contribution in [-0.2, 0) is 10.0 Å². The molecular formula is C18H16BrN3O4S. The zero-order valence-electron chi connectivity index (χ0n) is 14.5. The summed E-state index contributed by atoms with van der Waals surface area (Å²) >= 11 is 3.39. The van der Waals surface area contributed by atoms with Crippen molar-refractivity contribution in [2.45, 2.75) is 18.7 Å². The highest BCUT2D eigenvalue weighted by Crippen LogP contribution is 2.20. The molecule has 140 valence electrons. The number of amides is 1. The van der Waals surface area contributed by atoms with Crippen molar-refractivity contribution in [1.82, 2.24) is 5.16 Å². The Morgan fingerprint density at radius 3 is 2.37 bits per heavy atom. The molecule has 3 aromatic rings. The van der Waals surface area contributed by atoms with Crippen LogP contribution in [0.4, 0.5) is 11.5 Å². The first-order valence-corrected chi connectivity index (χ1v) is 10.2. The fourth-order valence-electron chi connectivity index (χ4n) is 2.27. The number of rotatable bonds is 5. The third-order valence-corrected chi connectivity index (χ3v) is 5.95. The van der Waals surface area contributed by atoms with E-state index in [1.54, 1.807) is 19.1 Å². The molecule has 0 radical (unpaired) electrons. The van der Waals surface area contributed by atoms with E-state index in [4.69, 9.17) is 4.52 Å². The summed E-state index contributed by atoms with van der Waals surface area (Å²) in [5.74, 6) is 0.311. The van der Waals surface area contributed by atoms with Gasteiger partial charge in [-0.1, -0.05) is 27.2 Å². The first-order valence-electron chi connectivity index (χ1n) is 7.88. The topological polar surface area (TPSA) is 101 Å². The van der Waals surface area contributed by atoms with Gasteiger partial charge in [0.15, 0.2) is 5.82 Å². The molecule has 0 fully saturated rings. The third kappa shape index (κ3) is 4.55. The number of carbonyl (C=O) groups is 1. The van der Waals surface area contributed by atoms with Crippen LogP contribution in [-0.4, -0.2) is 19.5 Å². The van der Waals surface area contributed by atoms with Crippen LogP contribution in [0.1, 0.15) is 21.7 Å². The quantitative estimate of drug-likeness (QED) is 0.610. The number of hydrogen-bond donors (Lipinski definition) is 2. The number of carbonyl (C=O) groups excluding carboxylic acids is 1. The van der Waals surface area contributed by atoms with Gasteiger partial charge in [0.1, 0.15) is 5.76 Å². The number of benzene rings is 2. The van der Waals surface area contributed by atoms with Gasteiger partial charge in [0, 0.05) is 21.8 Å². The molecule has 1 amide bonds. The number of halogens is 1. The molecule has 2 aromatic carbocycles. The van der Waals surface area contributed by atoms with Gasteiger partial charge >= 0.3 is 0 Å². The molecule has 0 saturated heterocycles. The van der Waals surface area contributed by atoms with E-state index in [9.17, 15) is 13.2 Å². The predicted molar refractivity (Wildman–Crippen MR) is 105 cm³/mol. The molecule has 0 spiro atoms. The minimum absolute atomic E-state index is 0.0410. The maximum absolute atomic E-state index is 12.3. The van der Waals surface area contributed by atoms with E-state index < -0.39 is 10.0 Å². The van der Waals surface area contributed by atoms with E-state index in [1.165, 1.54) is 30.3 Å². The van der Waals surface area contributed by atoms with Crippen molar-refractivity contribution in [2.24, 2.45) is 0 Å². The van der Waals surface area contributed by atoms with E-state index in [1.807, 2.05) is 13.0 Å². The van der Waals surface area contributed by atoms with Gasteiger partial charge in [0.2, 0.25) is 0 Å². The zero-order chi connectivity index (χ0) is 19.6. The van der Waals surface area contributed by atoms with Crippen molar-refractivity contribution in [1.29, 1.82) is 0 Å². The van der Waals surface area contributed by atoms with E-state index in [0.717, 1.165) is 10.0 Å². The van der Waals surface area contributed by atoms with E-state index in [2.05, 4.69) is 31.1 Å². The third-order valence-electron chi connectivity index (χ3n) is 3.72. The zero-order valence-corrected chi connectivity index (χ0v) is 16.9. The Bertz CT molecular complexity index is 1090. The SMILES string of the molecule is Cc1cc(NS(=O)(=O)c2ccc(NC(=O)c3ccc(C)c(Br)c3)cc2)no1. The highest BCUT2D eigenvalue weighted by atomic mass is 79.9. The lowest BCUT2D eigenvalue weighted by atomic mass is 10.1. The van der Waals surface area contributed by atoms with Crippen LogP contribution in [0.2, 0.25) is 0 Å². The van der Waals surface area contributed by atoms with E-state index >= 15 is 0 Å². The predicted octanol–water partition coefficient (Wildman–Crippen LogP) is 4.11. The van der Waals surface area contributed by atoms with Crippen LogP contribution in [0.15, 0.2) is 62.4 Å². The largest absolute Gasteiger partial charge is 0.360 e. The summed E-state index contributed by atoms with van der Waals surface area (Å²) in [5.41, 5.74) is 2.00. The van der Waals surface area contributed by atoms with Crippen LogP contribution in [0.5, 0.6) is 0 Å². The summed E-state index contributed by atoms with van der Waals surface area (Å²) in [6.45, 7) is 3.59. The standard InChI is InChI=1S/C18H16BrN3O4S/c1-11-3-4-13(10-16(11)19)18(23)20-14-5-7-15(8-6-14)27(24,25)22-17-9-12(2)26-21-17/h3-10H,1-2H3,(H,20,23)(H,21,22).